The Morgan fingerprint density at radius 2 is 0.985 bits per heavy atom. The molecule has 1 unspecified atom stereocenters. The summed E-state index contributed by atoms with van der Waals surface area (Å²) in [5.74, 6) is 0.406. The van der Waals surface area contributed by atoms with Crippen LogP contribution in [0, 0.1) is 5.92 Å². The molecule has 0 aliphatic heterocycles. The van der Waals surface area contributed by atoms with Crippen LogP contribution in [0.15, 0.2) is 254 Å². The minimum Gasteiger partial charge on any atom is -0.314 e. The summed E-state index contributed by atoms with van der Waals surface area (Å²) in [6.45, 7) is 0. The van der Waals surface area contributed by atoms with Crippen molar-refractivity contribution in [1.29, 1.82) is 0 Å². The van der Waals surface area contributed by atoms with E-state index in [9.17, 15) is 0 Å². The second kappa shape index (κ2) is 17.2. The van der Waals surface area contributed by atoms with Gasteiger partial charge < -0.3 is 9.80 Å². The SMILES string of the molecule is C1=CCCC(N(c2ccccc2)c2ccc3c(c2)c2cc(N(C4=CC=CCC4)c4ccccc4)ccc2c2c(-c4ccccc4)c(C4=CCC5C=CC=CC5=C4)cc(-c4ccccc4)c32)=C1. The third-order valence-corrected chi connectivity index (χ3v) is 13.8. The monoisotopic (exact) mass is 846 g/mol. The molecule has 0 saturated carbocycles. The van der Waals surface area contributed by atoms with Gasteiger partial charge in [0.1, 0.15) is 0 Å². The number of hydrogen-bond donors (Lipinski definition) is 0. The van der Waals surface area contributed by atoms with E-state index in [4.69, 9.17) is 0 Å². The minimum absolute atomic E-state index is 0.406. The van der Waals surface area contributed by atoms with E-state index in [1.165, 1.54) is 82.7 Å². The zero-order valence-corrected chi connectivity index (χ0v) is 37.0. The number of rotatable bonds is 9. The number of benzene rings is 8. The van der Waals surface area contributed by atoms with Crippen molar-refractivity contribution < 1.29 is 0 Å². The highest BCUT2D eigenvalue weighted by atomic mass is 15.2. The second-order valence-corrected chi connectivity index (χ2v) is 17.8. The summed E-state index contributed by atoms with van der Waals surface area (Å²) in [5.41, 5.74) is 16.1. The Kier molecular flexibility index (Phi) is 10.3. The fourth-order valence-electron chi connectivity index (χ4n) is 10.8. The van der Waals surface area contributed by atoms with Gasteiger partial charge in [-0.05, 0) is 170 Å². The lowest BCUT2D eigenvalue weighted by atomic mass is 9.78. The van der Waals surface area contributed by atoms with Gasteiger partial charge in [0.25, 0.3) is 0 Å². The lowest BCUT2D eigenvalue weighted by Crippen LogP contribution is -2.17. The first-order valence-electron chi connectivity index (χ1n) is 23.6. The molecule has 0 amide bonds. The Balaban J connectivity index is 1.23. The van der Waals surface area contributed by atoms with E-state index >= 15 is 0 Å². The highest BCUT2D eigenvalue weighted by Gasteiger charge is 2.26. The second-order valence-electron chi connectivity index (χ2n) is 17.8. The molecule has 0 N–H and O–H groups in total. The molecule has 1 atom stereocenters. The van der Waals surface area contributed by atoms with Crippen LogP contribution < -0.4 is 9.80 Å². The lowest BCUT2D eigenvalue weighted by Gasteiger charge is -2.31. The number of allylic oxidation sites excluding steroid dienone is 16. The molecule has 4 aliphatic rings. The molecule has 66 heavy (non-hydrogen) atoms. The summed E-state index contributed by atoms with van der Waals surface area (Å²) >= 11 is 0. The van der Waals surface area contributed by atoms with Crippen LogP contribution in [0.3, 0.4) is 0 Å². The van der Waals surface area contributed by atoms with Crippen molar-refractivity contribution in [2.45, 2.75) is 32.1 Å². The van der Waals surface area contributed by atoms with E-state index < -0.39 is 0 Å². The summed E-state index contributed by atoms with van der Waals surface area (Å²) in [6.07, 6.45) is 32.5. The summed E-state index contributed by atoms with van der Waals surface area (Å²) < 4.78 is 0. The van der Waals surface area contributed by atoms with Gasteiger partial charge >= 0.3 is 0 Å². The highest BCUT2D eigenvalue weighted by Crippen LogP contribution is 2.51. The molecule has 0 radical (unpaired) electrons. The van der Waals surface area contributed by atoms with Gasteiger partial charge in [0.05, 0.1) is 0 Å². The summed E-state index contributed by atoms with van der Waals surface area (Å²) in [4.78, 5) is 4.95. The number of fused-ring (bicyclic) bond motifs is 7. The highest BCUT2D eigenvalue weighted by molar-refractivity contribution is 6.33. The van der Waals surface area contributed by atoms with Crippen molar-refractivity contribution in [3.05, 3.63) is 259 Å². The summed E-state index contributed by atoms with van der Waals surface area (Å²) in [7, 11) is 0. The summed E-state index contributed by atoms with van der Waals surface area (Å²) in [5, 5.41) is 7.52. The van der Waals surface area contributed by atoms with Crippen LogP contribution in [-0.2, 0) is 0 Å². The van der Waals surface area contributed by atoms with Crippen LogP contribution in [0.2, 0.25) is 0 Å². The third-order valence-electron chi connectivity index (χ3n) is 13.8. The van der Waals surface area contributed by atoms with Crippen molar-refractivity contribution in [2.75, 3.05) is 9.80 Å². The number of hydrogen-bond acceptors (Lipinski definition) is 2. The van der Waals surface area contributed by atoms with Gasteiger partial charge in [0.2, 0.25) is 0 Å². The average molecular weight is 847 g/mol. The van der Waals surface area contributed by atoms with E-state index in [1.807, 2.05) is 0 Å². The molecule has 8 aromatic rings. The number of nitrogens with zero attached hydrogens (tertiary/aromatic N) is 2. The first kappa shape index (κ1) is 39.6. The van der Waals surface area contributed by atoms with Crippen molar-refractivity contribution >= 4 is 60.6 Å². The molecular weight excluding hydrogens is 797 g/mol. The Hall–Kier alpha value is -7.94. The molecular formula is C64H50N2. The first-order valence-corrected chi connectivity index (χ1v) is 23.6. The Bertz CT molecular complexity index is 3420. The van der Waals surface area contributed by atoms with Gasteiger partial charge in [-0.3, -0.25) is 0 Å². The molecule has 0 bridgehead atoms. The van der Waals surface area contributed by atoms with Gasteiger partial charge in [-0.15, -0.1) is 0 Å². The maximum absolute atomic E-state index is 2.51. The zero-order chi connectivity index (χ0) is 43.8. The van der Waals surface area contributed by atoms with E-state index in [0.29, 0.717) is 5.92 Å². The smallest absolute Gasteiger partial charge is 0.0465 e. The van der Waals surface area contributed by atoms with E-state index in [2.05, 4.69) is 247 Å². The fraction of sp³-hybridized carbons (Fsp3) is 0.0938. The van der Waals surface area contributed by atoms with Gasteiger partial charge in [0.15, 0.2) is 0 Å². The van der Waals surface area contributed by atoms with Crippen molar-refractivity contribution in [3.8, 4) is 22.3 Å². The molecule has 0 fully saturated rings. The number of anilines is 4. The molecule has 8 aromatic carbocycles. The van der Waals surface area contributed by atoms with Gasteiger partial charge in [0, 0.05) is 40.1 Å². The Morgan fingerprint density at radius 1 is 0.439 bits per heavy atom. The van der Waals surface area contributed by atoms with E-state index in [0.717, 1.165) is 54.9 Å². The first-order chi connectivity index (χ1) is 32.8. The largest absolute Gasteiger partial charge is 0.314 e. The van der Waals surface area contributed by atoms with Crippen LogP contribution in [0.25, 0.3) is 60.1 Å². The normalized spacial score (nSPS) is 16.5. The van der Waals surface area contributed by atoms with Gasteiger partial charge in [-0.25, -0.2) is 0 Å². The molecule has 0 saturated heterocycles. The minimum atomic E-state index is 0.406. The van der Waals surface area contributed by atoms with Gasteiger partial charge in [-0.2, -0.15) is 0 Å². The van der Waals surface area contributed by atoms with Crippen molar-refractivity contribution in [3.63, 3.8) is 0 Å². The van der Waals surface area contributed by atoms with Gasteiger partial charge in [-0.1, -0.05) is 170 Å². The standard InChI is InChI=1S/C64H50N2/c1-7-22-46(23-8-1)58-44-59(49-36-35-45-21-19-20-26-48(45)41-49)62(47-24-9-2-10-25-47)64-57-40-38-55(66(52-31-15-5-16-32-52)53-33-17-6-18-34-53)43-61(57)60-42-54(37-39-56(60)63(58)64)65(50-27-11-3-12-28-50)51-29-13-4-14-30-51/h1-13,15-17,19-29,31-33,36-45H,14,18,30,34-35H2. The molecule has 2 heteroatoms. The summed E-state index contributed by atoms with van der Waals surface area (Å²) in [6, 6.07) is 61.1. The lowest BCUT2D eigenvalue weighted by molar-refractivity contribution is 0.783. The quantitative estimate of drug-likeness (QED) is 0.134. The molecule has 0 spiro atoms. The Morgan fingerprint density at radius 3 is 1.55 bits per heavy atom. The van der Waals surface area contributed by atoms with Crippen LogP contribution in [0.4, 0.5) is 22.7 Å². The van der Waals surface area contributed by atoms with Crippen LogP contribution in [0.1, 0.15) is 37.7 Å². The molecule has 2 nitrogen and oxygen atoms in total. The van der Waals surface area contributed by atoms with Crippen molar-refractivity contribution in [1.82, 2.24) is 0 Å². The topological polar surface area (TPSA) is 6.48 Å². The average Bonchev–Trinajstić information content (AvgIpc) is 3.40. The predicted molar refractivity (Wildman–Crippen MR) is 282 cm³/mol. The van der Waals surface area contributed by atoms with Crippen LogP contribution in [-0.4, -0.2) is 0 Å². The predicted octanol–water partition coefficient (Wildman–Crippen LogP) is 17.7. The molecule has 4 aliphatic carbocycles. The molecule has 12 rings (SSSR count). The van der Waals surface area contributed by atoms with E-state index in [-0.39, 0.29) is 0 Å². The molecule has 0 aromatic heterocycles. The molecule has 0 heterocycles. The molecule has 316 valence electrons. The fourth-order valence-corrected chi connectivity index (χ4v) is 10.8. The number of para-hydroxylation sites is 2. The maximum Gasteiger partial charge on any atom is 0.0465 e. The third kappa shape index (κ3) is 7.16. The zero-order valence-electron chi connectivity index (χ0n) is 37.0. The van der Waals surface area contributed by atoms with Crippen molar-refractivity contribution in [2.24, 2.45) is 5.92 Å². The van der Waals surface area contributed by atoms with Crippen LogP contribution in [0.5, 0.6) is 0 Å². The Labute approximate surface area is 388 Å². The van der Waals surface area contributed by atoms with E-state index in [1.54, 1.807) is 0 Å². The van der Waals surface area contributed by atoms with Crippen LogP contribution >= 0.6 is 0 Å². The maximum atomic E-state index is 2.51.